The molecular formula is C16H17N3O2S. The molecule has 0 aliphatic rings. The molecule has 22 heavy (non-hydrogen) atoms. The van der Waals surface area contributed by atoms with Crippen LogP contribution >= 0.6 is 11.8 Å². The van der Waals surface area contributed by atoms with Gasteiger partial charge in [-0.15, -0.1) is 0 Å². The van der Waals surface area contributed by atoms with Crippen molar-refractivity contribution >= 4 is 22.8 Å². The Hall–Kier alpha value is -2.21. The number of rotatable bonds is 5. The van der Waals surface area contributed by atoms with Crippen molar-refractivity contribution in [3.05, 3.63) is 47.8 Å². The Kier molecular flexibility index (Phi) is 4.20. The molecular weight excluding hydrogens is 298 g/mol. The summed E-state index contributed by atoms with van der Waals surface area (Å²) in [5.41, 5.74) is 3.92. The Labute approximate surface area is 133 Å². The third-order valence-electron chi connectivity index (χ3n) is 3.49. The monoisotopic (exact) mass is 315 g/mol. The summed E-state index contributed by atoms with van der Waals surface area (Å²) in [4.78, 5) is 14.5. The van der Waals surface area contributed by atoms with Gasteiger partial charge in [0.05, 0.1) is 18.3 Å². The number of imidazole rings is 1. The molecule has 0 aliphatic heterocycles. The average Bonchev–Trinajstić information content (AvgIpc) is 2.91. The molecule has 0 saturated heterocycles. The Bertz CT molecular complexity index is 801. The fourth-order valence-corrected chi connectivity index (χ4v) is 3.32. The third-order valence-corrected chi connectivity index (χ3v) is 4.42. The summed E-state index contributed by atoms with van der Waals surface area (Å²) < 4.78 is 7.08. The molecule has 3 rings (SSSR count). The first-order valence-corrected chi connectivity index (χ1v) is 7.86. The van der Waals surface area contributed by atoms with E-state index in [4.69, 9.17) is 9.57 Å². The molecule has 2 heterocycles. The number of benzene rings is 1. The van der Waals surface area contributed by atoms with Gasteiger partial charge in [-0.3, -0.25) is 4.98 Å². The van der Waals surface area contributed by atoms with E-state index >= 15 is 0 Å². The van der Waals surface area contributed by atoms with Crippen LogP contribution in [-0.4, -0.2) is 28.9 Å². The summed E-state index contributed by atoms with van der Waals surface area (Å²) in [5.74, 6) is 1.56. The predicted molar refractivity (Wildman–Crippen MR) is 87.3 cm³/mol. The normalized spacial score (nSPS) is 10.9. The van der Waals surface area contributed by atoms with Gasteiger partial charge in [0.25, 0.3) is 0 Å². The van der Waals surface area contributed by atoms with Crippen molar-refractivity contribution < 1.29 is 9.57 Å². The van der Waals surface area contributed by atoms with Gasteiger partial charge in [0, 0.05) is 17.5 Å². The lowest BCUT2D eigenvalue weighted by Gasteiger charge is -2.09. The topological polar surface area (TPSA) is 49.2 Å². The third kappa shape index (κ3) is 2.62. The van der Waals surface area contributed by atoms with Gasteiger partial charge < -0.3 is 9.57 Å². The van der Waals surface area contributed by atoms with Crippen molar-refractivity contribution in [2.75, 3.05) is 14.2 Å². The quantitative estimate of drug-likeness (QED) is 0.677. The summed E-state index contributed by atoms with van der Waals surface area (Å²) in [5, 5.41) is 0.813. The molecule has 0 bridgehead atoms. The molecule has 0 atom stereocenters. The van der Waals surface area contributed by atoms with E-state index < -0.39 is 0 Å². The summed E-state index contributed by atoms with van der Waals surface area (Å²) in [6.07, 6.45) is 1.76. The molecule has 0 N–H and O–H groups in total. The zero-order valence-electron chi connectivity index (χ0n) is 12.7. The number of pyridine rings is 1. The molecule has 0 amide bonds. The number of fused-ring (bicyclic) bond motifs is 1. The van der Waals surface area contributed by atoms with Crippen LogP contribution in [0.3, 0.4) is 0 Å². The van der Waals surface area contributed by atoms with Crippen LogP contribution in [0.15, 0.2) is 41.7 Å². The van der Waals surface area contributed by atoms with Crippen LogP contribution in [0.5, 0.6) is 5.75 Å². The number of thioether (sulfide) groups is 1. The van der Waals surface area contributed by atoms with E-state index in [0.717, 1.165) is 33.2 Å². The van der Waals surface area contributed by atoms with E-state index in [0.29, 0.717) is 5.75 Å². The lowest BCUT2D eigenvalue weighted by atomic mass is 10.2. The summed E-state index contributed by atoms with van der Waals surface area (Å²) in [6.45, 7) is 2.01. The maximum absolute atomic E-state index is 5.45. The van der Waals surface area contributed by atoms with E-state index in [2.05, 4.69) is 9.97 Å². The molecule has 114 valence electrons. The Balaban J connectivity index is 1.88. The van der Waals surface area contributed by atoms with Crippen LogP contribution in [0.1, 0.15) is 11.3 Å². The molecule has 5 nitrogen and oxygen atoms in total. The highest BCUT2D eigenvalue weighted by molar-refractivity contribution is 7.98. The minimum absolute atomic E-state index is 0.704. The highest BCUT2D eigenvalue weighted by atomic mass is 32.2. The van der Waals surface area contributed by atoms with Gasteiger partial charge in [0.2, 0.25) is 5.16 Å². The lowest BCUT2D eigenvalue weighted by Crippen LogP contribution is -2.07. The van der Waals surface area contributed by atoms with Gasteiger partial charge in [-0.05, 0) is 25.1 Å². The molecule has 0 unspecified atom stereocenters. The first-order chi connectivity index (χ1) is 10.7. The van der Waals surface area contributed by atoms with Gasteiger partial charge in [0.1, 0.15) is 18.4 Å². The van der Waals surface area contributed by atoms with Crippen LogP contribution in [-0.2, 0) is 5.75 Å². The molecule has 0 radical (unpaired) electrons. The lowest BCUT2D eigenvalue weighted by molar-refractivity contribution is 0.155. The van der Waals surface area contributed by atoms with Crippen molar-refractivity contribution in [2.24, 2.45) is 0 Å². The van der Waals surface area contributed by atoms with E-state index in [1.54, 1.807) is 36.9 Å². The minimum atomic E-state index is 0.704. The fourth-order valence-electron chi connectivity index (χ4n) is 2.31. The van der Waals surface area contributed by atoms with Gasteiger partial charge in [0.15, 0.2) is 0 Å². The maximum atomic E-state index is 5.45. The van der Waals surface area contributed by atoms with Crippen molar-refractivity contribution in [2.45, 2.75) is 17.8 Å². The Morgan fingerprint density at radius 3 is 2.77 bits per heavy atom. The average molecular weight is 315 g/mol. The van der Waals surface area contributed by atoms with E-state index in [1.807, 2.05) is 37.3 Å². The largest absolute Gasteiger partial charge is 0.496 e. The molecule has 0 spiro atoms. The maximum Gasteiger partial charge on any atom is 0.204 e. The highest BCUT2D eigenvalue weighted by Crippen LogP contribution is 2.28. The standard InChI is InChI=1S/C16H17N3O2S/c1-11-13(17-9-8-15(11)20-2)10-22-16-18-12-6-4-5-7-14(12)19(16)21-3/h4-9H,10H2,1-3H3. The van der Waals surface area contributed by atoms with E-state index in [-0.39, 0.29) is 0 Å². The number of methoxy groups -OCH3 is 1. The van der Waals surface area contributed by atoms with Crippen LogP contribution in [0, 0.1) is 6.92 Å². The predicted octanol–water partition coefficient (Wildman–Crippen LogP) is 3.10. The second kappa shape index (κ2) is 6.27. The summed E-state index contributed by atoms with van der Waals surface area (Å²) in [7, 11) is 3.32. The molecule has 0 aliphatic carbocycles. The summed E-state index contributed by atoms with van der Waals surface area (Å²) in [6, 6.07) is 9.78. The van der Waals surface area contributed by atoms with Gasteiger partial charge in [-0.1, -0.05) is 23.9 Å². The highest BCUT2D eigenvalue weighted by Gasteiger charge is 2.13. The number of ether oxygens (including phenoxy) is 1. The molecule has 1 aromatic carbocycles. The first kappa shape index (κ1) is 14.7. The second-order valence-corrected chi connectivity index (χ2v) is 5.68. The number of aromatic nitrogens is 3. The van der Waals surface area contributed by atoms with Gasteiger partial charge in [-0.2, -0.15) is 4.73 Å². The number of hydrogen-bond acceptors (Lipinski definition) is 5. The van der Waals surface area contributed by atoms with E-state index in [1.165, 1.54) is 0 Å². The van der Waals surface area contributed by atoms with Crippen molar-refractivity contribution in [3.63, 3.8) is 0 Å². The van der Waals surface area contributed by atoms with Crippen LogP contribution in [0.4, 0.5) is 0 Å². The van der Waals surface area contributed by atoms with Crippen LogP contribution in [0.25, 0.3) is 11.0 Å². The zero-order valence-corrected chi connectivity index (χ0v) is 13.6. The van der Waals surface area contributed by atoms with Crippen molar-refractivity contribution in [3.8, 4) is 5.75 Å². The SMILES string of the molecule is COc1ccnc(CSc2nc3ccccc3n2OC)c1C. The molecule has 2 aromatic heterocycles. The number of hydrogen-bond donors (Lipinski definition) is 0. The number of nitrogens with zero attached hydrogens (tertiary/aromatic N) is 3. The second-order valence-electron chi connectivity index (χ2n) is 4.73. The number of para-hydroxylation sites is 2. The Morgan fingerprint density at radius 1 is 1.18 bits per heavy atom. The summed E-state index contributed by atoms with van der Waals surface area (Å²) >= 11 is 1.59. The molecule has 0 fully saturated rings. The Morgan fingerprint density at radius 2 is 2.00 bits per heavy atom. The van der Waals surface area contributed by atoms with Crippen molar-refractivity contribution in [1.82, 2.24) is 14.7 Å². The molecule has 0 saturated carbocycles. The minimum Gasteiger partial charge on any atom is -0.496 e. The molecule has 6 heteroatoms. The van der Waals surface area contributed by atoms with Gasteiger partial charge in [-0.25, -0.2) is 4.98 Å². The molecule has 3 aromatic rings. The van der Waals surface area contributed by atoms with Crippen LogP contribution < -0.4 is 9.57 Å². The first-order valence-electron chi connectivity index (χ1n) is 6.88. The van der Waals surface area contributed by atoms with E-state index in [9.17, 15) is 0 Å². The zero-order chi connectivity index (χ0) is 15.5. The van der Waals surface area contributed by atoms with Gasteiger partial charge >= 0.3 is 0 Å². The van der Waals surface area contributed by atoms with Crippen molar-refractivity contribution in [1.29, 1.82) is 0 Å². The fraction of sp³-hybridized carbons (Fsp3) is 0.250. The van der Waals surface area contributed by atoms with Crippen LogP contribution in [0.2, 0.25) is 0 Å². The smallest absolute Gasteiger partial charge is 0.204 e.